The van der Waals surface area contributed by atoms with E-state index in [0.717, 1.165) is 0 Å². The average molecular weight is 287 g/mol. The largest absolute Gasteiger partial charge is 0.355 e. The Labute approximate surface area is 87.5 Å². The minimum Gasteiger partial charge on any atom is -0.276 e. The minimum absolute atomic E-state index is 0.0206. The van der Waals surface area contributed by atoms with Gasteiger partial charge in [-0.05, 0) is 28.1 Å². The van der Waals surface area contributed by atoms with Gasteiger partial charge in [-0.25, -0.2) is 13.4 Å². The van der Waals surface area contributed by atoms with Crippen molar-refractivity contribution in [3.05, 3.63) is 22.9 Å². The van der Waals surface area contributed by atoms with Crippen molar-refractivity contribution < 1.29 is 17.2 Å². The molecule has 1 N–H and O–H groups in total. The van der Waals surface area contributed by atoms with E-state index in [2.05, 4.69) is 20.9 Å². The summed E-state index contributed by atoms with van der Waals surface area (Å²) in [6.45, 7) is 0. The summed E-state index contributed by atoms with van der Waals surface area (Å²) in [5.74, 6) is -3.46. The lowest BCUT2D eigenvalue weighted by molar-refractivity contribution is 0.236. The highest BCUT2D eigenvalue weighted by molar-refractivity contribution is 9.10. The van der Waals surface area contributed by atoms with E-state index in [0.29, 0.717) is 0 Å². The van der Waals surface area contributed by atoms with Gasteiger partial charge in [-0.15, -0.1) is 0 Å². The molecule has 0 fully saturated rings. The summed E-state index contributed by atoms with van der Waals surface area (Å²) in [5, 5.41) is 0. The van der Waals surface area contributed by atoms with E-state index in [-0.39, 0.29) is 10.3 Å². The number of hydrogen-bond acceptors (Lipinski definition) is 3. The SMILES string of the molecule is O=S(=O)(Nc1cccnc1Br)C(F)F. The number of sulfonamides is 1. The quantitative estimate of drug-likeness (QED) is 0.862. The number of alkyl halides is 2. The molecule has 1 heterocycles. The average Bonchev–Trinajstić information content (AvgIpc) is 2.08. The molecule has 0 unspecified atom stereocenters. The van der Waals surface area contributed by atoms with Crippen LogP contribution in [-0.4, -0.2) is 19.2 Å². The Morgan fingerprint density at radius 2 is 2.14 bits per heavy atom. The van der Waals surface area contributed by atoms with E-state index in [1.54, 1.807) is 4.72 Å². The van der Waals surface area contributed by atoms with E-state index in [1.807, 2.05) is 0 Å². The first-order valence-electron chi connectivity index (χ1n) is 3.34. The Kier molecular flexibility index (Phi) is 3.38. The van der Waals surface area contributed by atoms with Crippen molar-refractivity contribution in [1.29, 1.82) is 0 Å². The summed E-state index contributed by atoms with van der Waals surface area (Å²) in [6.07, 6.45) is 1.39. The van der Waals surface area contributed by atoms with E-state index >= 15 is 0 Å². The van der Waals surface area contributed by atoms with E-state index < -0.39 is 15.8 Å². The van der Waals surface area contributed by atoms with Crippen LogP contribution in [0, 0.1) is 0 Å². The van der Waals surface area contributed by atoms with Crippen molar-refractivity contribution in [2.45, 2.75) is 5.76 Å². The Balaban J connectivity index is 2.96. The van der Waals surface area contributed by atoms with Crippen molar-refractivity contribution in [2.75, 3.05) is 4.72 Å². The normalized spacial score (nSPS) is 11.7. The molecule has 1 rings (SSSR count). The predicted molar refractivity (Wildman–Crippen MR) is 50.5 cm³/mol. The highest BCUT2D eigenvalue weighted by Crippen LogP contribution is 2.21. The molecular formula is C6H5BrF2N2O2S. The second kappa shape index (κ2) is 4.18. The van der Waals surface area contributed by atoms with Crippen LogP contribution in [-0.2, 0) is 10.0 Å². The molecule has 0 spiro atoms. The Hall–Kier alpha value is -0.760. The van der Waals surface area contributed by atoms with Crippen LogP contribution in [0.25, 0.3) is 0 Å². The maximum absolute atomic E-state index is 11.9. The van der Waals surface area contributed by atoms with Gasteiger partial charge in [0.05, 0.1) is 5.69 Å². The third-order valence-corrected chi connectivity index (χ3v) is 2.85. The van der Waals surface area contributed by atoms with Gasteiger partial charge in [0.2, 0.25) is 0 Å². The van der Waals surface area contributed by atoms with E-state index in [1.165, 1.54) is 18.3 Å². The third kappa shape index (κ3) is 2.61. The smallest absolute Gasteiger partial charge is 0.276 e. The van der Waals surface area contributed by atoms with Crippen LogP contribution in [0.4, 0.5) is 14.5 Å². The van der Waals surface area contributed by atoms with Crippen LogP contribution in [0.15, 0.2) is 22.9 Å². The minimum atomic E-state index is -4.63. The van der Waals surface area contributed by atoms with Crippen molar-refractivity contribution in [3.63, 3.8) is 0 Å². The van der Waals surface area contributed by atoms with Crippen LogP contribution < -0.4 is 4.72 Å². The second-order valence-electron chi connectivity index (χ2n) is 2.25. The van der Waals surface area contributed by atoms with Gasteiger partial charge < -0.3 is 0 Å². The molecule has 0 aliphatic carbocycles. The van der Waals surface area contributed by atoms with Gasteiger partial charge >= 0.3 is 5.76 Å². The molecule has 8 heteroatoms. The third-order valence-electron chi connectivity index (χ3n) is 1.25. The van der Waals surface area contributed by atoms with Gasteiger partial charge in [-0.3, -0.25) is 4.72 Å². The summed E-state index contributed by atoms with van der Waals surface area (Å²) >= 11 is 2.92. The zero-order valence-corrected chi connectivity index (χ0v) is 9.02. The van der Waals surface area contributed by atoms with Crippen molar-refractivity contribution in [2.24, 2.45) is 0 Å². The summed E-state index contributed by atoms with van der Waals surface area (Å²) < 4.78 is 47.2. The van der Waals surface area contributed by atoms with Crippen LogP contribution in [0.1, 0.15) is 0 Å². The number of nitrogens with one attached hydrogen (secondary N) is 1. The fourth-order valence-electron chi connectivity index (χ4n) is 0.660. The van der Waals surface area contributed by atoms with Crippen LogP contribution in [0.5, 0.6) is 0 Å². The lowest BCUT2D eigenvalue weighted by Crippen LogP contribution is -2.20. The molecule has 1 aromatic heterocycles. The summed E-state index contributed by atoms with van der Waals surface area (Å²) in [4.78, 5) is 3.67. The first kappa shape index (κ1) is 11.3. The maximum atomic E-state index is 11.9. The number of rotatable bonds is 3. The van der Waals surface area contributed by atoms with Crippen molar-refractivity contribution in [3.8, 4) is 0 Å². The standard InChI is InChI=1S/C6H5BrF2N2O2S/c7-5-4(2-1-3-10-5)11-14(12,13)6(8)9/h1-3,6,11H. The van der Waals surface area contributed by atoms with Gasteiger partial charge in [-0.1, -0.05) is 0 Å². The second-order valence-corrected chi connectivity index (χ2v) is 4.65. The van der Waals surface area contributed by atoms with E-state index in [9.17, 15) is 17.2 Å². The fraction of sp³-hybridized carbons (Fsp3) is 0.167. The molecule has 0 aliphatic heterocycles. The van der Waals surface area contributed by atoms with Crippen molar-refractivity contribution in [1.82, 2.24) is 4.98 Å². The zero-order chi connectivity index (χ0) is 10.8. The molecule has 0 saturated heterocycles. The molecule has 4 nitrogen and oxygen atoms in total. The number of nitrogens with zero attached hydrogens (tertiary/aromatic N) is 1. The molecule has 0 amide bonds. The van der Waals surface area contributed by atoms with Crippen LogP contribution >= 0.6 is 15.9 Å². The molecule has 0 aromatic carbocycles. The van der Waals surface area contributed by atoms with Gasteiger partial charge in [0, 0.05) is 6.20 Å². The number of halogens is 3. The first-order valence-corrected chi connectivity index (χ1v) is 5.68. The van der Waals surface area contributed by atoms with Crippen molar-refractivity contribution >= 4 is 31.6 Å². The topological polar surface area (TPSA) is 59.1 Å². The molecule has 0 saturated carbocycles. The predicted octanol–water partition coefficient (Wildman–Crippen LogP) is 1.81. The van der Waals surface area contributed by atoms with Gasteiger partial charge in [-0.2, -0.15) is 8.78 Å². The van der Waals surface area contributed by atoms with Crippen LogP contribution in [0.2, 0.25) is 0 Å². The molecule has 0 bridgehead atoms. The molecular weight excluding hydrogens is 282 g/mol. The highest BCUT2D eigenvalue weighted by Gasteiger charge is 2.24. The Morgan fingerprint density at radius 1 is 1.50 bits per heavy atom. The number of pyridine rings is 1. The molecule has 0 aliphatic rings. The number of hydrogen-bond donors (Lipinski definition) is 1. The molecule has 14 heavy (non-hydrogen) atoms. The van der Waals surface area contributed by atoms with Gasteiger partial charge in [0.25, 0.3) is 10.0 Å². The molecule has 78 valence electrons. The van der Waals surface area contributed by atoms with Gasteiger partial charge in [0.15, 0.2) is 0 Å². The summed E-state index contributed by atoms with van der Waals surface area (Å²) in [5.41, 5.74) is -0.0206. The monoisotopic (exact) mass is 286 g/mol. The van der Waals surface area contributed by atoms with Gasteiger partial charge in [0.1, 0.15) is 4.60 Å². The fourth-order valence-corrected chi connectivity index (χ4v) is 1.70. The number of anilines is 1. The molecule has 0 atom stereocenters. The number of aromatic nitrogens is 1. The zero-order valence-electron chi connectivity index (χ0n) is 6.62. The van der Waals surface area contributed by atoms with E-state index in [4.69, 9.17) is 0 Å². The lowest BCUT2D eigenvalue weighted by Gasteiger charge is -2.07. The lowest BCUT2D eigenvalue weighted by atomic mass is 10.4. The first-order chi connectivity index (χ1) is 6.43. The summed E-state index contributed by atoms with van der Waals surface area (Å²) in [6, 6.07) is 2.74. The molecule has 0 radical (unpaired) electrons. The Morgan fingerprint density at radius 3 is 2.64 bits per heavy atom. The maximum Gasteiger partial charge on any atom is 0.355 e. The molecule has 1 aromatic rings. The van der Waals surface area contributed by atoms with Crippen LogP contribution in [0.3, 0.4) is 0 Å². The summed E-state index contributed by atoms with van der Waals surface area (Å²) in [7, 11) is -4.63. The Bertz CT molecular complexity index is 424. The highest BCUT2D eigenvalue weighted by atomic mass is 79.9.